The molecule has 276 valence electrons. The van der Waals surface area contributed by atoms with Crippen LogP contribution < -0.4 is 21.7 Å². The lowest BCUT2D eigenvalue weighted by atomic mass is 10.1. The second-order valence-corrected chi connectivity index (χ2v) is 17.0. The van der Waals surface area contributed by atoms with Gasteiger partial charge in [-0.05, 0) is 145 Å². The molecule has 0 saturated carbocycles. The summed E-state index contributed by atoms with van der Waals surface area (Å²) in [4.78, 5) is 48.4. The van der Waals surface area contributed by atoms with E-state index in [0.717, 1.165) is 0 Å². The molecule has 0 rings (SSSR count). The Bertz CT molecular complexity index is 765. The fraction of sp³-hybridized carbons (Fsp3) is 0.882. The molecule has 0 fully saturated rings. The number of aliphatic hydroxyl groups is 1. The van der Waals surface area contributed by atoms with Crippen molar-refractivity contribution in [2.75, 3.05) is 0 Å². The molecule has 0 atom stereocenters. The van der Waals surface area contributed by atoms with Crippen molar-refractivity contribution in [3.63, 3.8) is 0 Å². The molecule has 0 heterocycles. The van der Waals surface area contributed by atoms with Crippen molar-refractivity contribution in [2.45, 2.75) is 198 Å². The van der Waals surface area contributed by atoms with Crippen molar-refractivity contribution in [3.8, 4) is 0 Å². The smallest absolute Gasteiger partial charge is 0.408 e. The first-order valence-electron chi connectivity index (χ1n) is 15.5. The molecule has 0 radical (unpaired) electrons. The Morgan fingerprint density at radius 1 is 0.609 bits per heavy atom. The number of aliphatic hydroxyl groups excluding tert-OH is 1. The van der Waals surface area contributed by atoms with Gasteiger partial charge in [0.2, 0.25) is 12.2 Å². The lowest BCUT2D eigenvalue weighted by Gasteiger charge is -2.26. The summed E-state index contributed by atoms with van der Waals surface area (Å²) < 4.78 is 5.06. The number of ether oxygens (including phenoxy) is 1. The van der Waals surface area contributed by atoms with Crippen LogP contribution in [0, 0.1) is 0 Å². The Hall–Kier alpha value is -2.78. The van der Waals surface area contributed by atoms with Gasteiger partial charge >= 0.3 is 12.1 Å². The molecule has 0 aliphatic rings. The number of carbonyl (C=O) groups excluding carboxylic acids is 4. The summed E-state index contributed by atoms with van der Waals surface area (Å²) in [6.45, 7) is 41.4. The first-order chi connectivity index (χ1) is 19.8. The van der Waals surface area contributed by atoms with Crippen LogP contribution in [0.25, 0.3) is 0 Å². The number of isocyanates is 2. The first-order valence-corrected chi connectivity index (χ1v) is 15.5. The number of urea groups is 1. The van der Waals surface area contributed by atoms with Crippen molar-refractivity contribution in [1.82, 2.24) is 16.0 Å². The van der Waals surface area contributed by atoms with E-state index in [1.165, 1.54) is 12.2 Å². The predicted molar refractivity (Wildman–Crippen MR) is 193 cm³/mol. The van der Waals surface area contributed by atoms with Gasteiger partial charge in [0.1, 0.15) is 5.60 Å². The van der Waals surface area contributed by atoms with Gasteiger partial charge in [-0.1, -0.05) is 13.8 Å². The number of nitrogens with zero attached hydrogens (tertiary/aromatic N) is 2. The third kappa shape index (κ3) is 105. The van der Waals surface area contributed by atoms with Gasteiger partial charge in [-0.2, -0.15) is 0 Å². The average Bonchev–Trinajstić information content (AvgIpc) is 2.60. The molecule has 0 unspecified atom stereocenters. The minimum absolute atomic E-state index is 0.116. The van der Waals surface area contributed by atoms with Crippen LogP contribution in [-0.2, 0) is 14.3 Å². The number of amides is 3. The van der Waals surface area contributed by atoms with Gasteiger partial charge in [-0.3, -0.25) is 0 Å². The van der Waals surface area contributed by atoms with Gasteiger partial charge in [0, 0.05) is 22.7 Å². The molecule has 6 N–H and O–H groups in total. The summed E-state index contributed by atoms with van der Waals surface area (Å²) in [5.41, 5.74) is 3.62. The van der Waals surface area contributed by atoms with E-state index in [-0.39, 0.29) is 45.9 Å². The maximum Gasteiger partial charge on any atom is 0.408 e. The number of hydrogen-bond acceptors (Lipinski definition) is 9. The van der Waals surface area contributed by atoms with Crippen LogP contribution in [0.15, 0.2) is 9.98 Å². The Labute approximate surface area is 282 Å². The van der Waals surface area contributed by atoms with Gasteiger partial charge < -0.3 is 31.5 Å². The Kier molecular flexibility index (Phi) is 30.6. The molecule has 0 aromatic rings. The third-order valence-corrected chi connectivity index (χ3v) is 2.62. The van der Waals surface area contributed by atoms with E-state index in [4.69, 9.17) is 15.6 Å². The quantitative estimate of drug-likeness (QED) is 0.134. The normalized spacial score (nSPS) is 11.2. The van der Waals surface area contributed by atoms with Crippen molar-refractivity contribution in [2.24, 2.45) is 15.7 Å². The van der Waals surface area contributed by atoms with E-state index in [2.05, 4.69) is 25.9 Å². The molecular formula is C34H74N6O6. The first kappa shape index (κ1) is 55.6. The maximum absolute atomic E-state index is 11.3. The SMILES string of the molecule is CC(C)(C)N=C=O.CC(C)(C)N=C=O.CC(C)(C)NC(=O)NC(C)(C)C.CC(C)(C)NC(=O)OC(C)(C)C.CC(C)N.CC(C)O. The summed E-state index contributed by atoms with van der Waals surface area (Å²) in [6.07, 6.45) is 2.43. The van der Waals surface area contributed by atoms with Gasteiger partial charge in [-0.15, -0.1) is 0 Å². The van der Waals surface area contributed by atoms with Crippen LogP contribution in [0.2, 0.25) is 0 Å². The van der Waals surface area contributed by atoms with Crippen LogP contribution in [0.1, 0.15) is 152 Å². The van der Waals surface area contributed by atoms with Gasteiger partial charge in [0.15, 0.2) is 0 Å². The van der Waals surface area contributed by atoms with Crippen molar-refractivity contribution < 1.29 is 29.0 Å². The Morgan fingerprint density at radius 3 is 0.935 bits per heavy atom. The molecule has 0 aromatic heterocycles. The summed E-state index contributed by atoms with van der Waals surface area (Å²) in [5, 5.41) is 16.4. The van der Waals surface area contributed by atoms with E-state index < -0.39 is 5.60 Å². The molecular weight excluding hydrogens is 588 g/mol. The van der Waals surface area contributed by atoms with E-state index in [1.54, 1.807) is 13.8 Å². The van der Waals surface area contributed by atoms with E-state index in [1.807, 2.05) is 138 Å². The van der Waals surface area contributed by atoms with Crippen molar-refractivity contribution in [1.29, 1.82) is 0 Å². The predicted octanol–water partition coefficient (Wildman–Crippen LogP) is 7.17. The number of aliphatic imine (C=N–C) groups is 2. The highest BCUT2D eigenvalue weighted by Crippen LogP contribution is 2.08. The zero-order valence-electron chi connectivity index (χ0n) is 33.6. The number of nitrogens with two attached hydrogens (primary N) is 1. The second-order valence-electron chi connectivity index (χ2n) is 17.0. The summed E-state index contributed by atoms with van der Waals surface area (Å²) in [6, 6.07) is 0.218. The molecule has 0 bridgehead atoms. The molecule has 0 saturated heterocycles. The van der Waals surface area contributed by atoms with Crippen LogP contribution >= 0.6 is 0 Å². The average molecular weight is 663 g/mol. The molecule has 0 spiro atoms. The summed E-state index contributed by atoms with van der Waals surface area (Å²) in [7, 11) is 0. The van der Waals surface area contributed by atoms with E-state index in [0.29, 0.717) is 6.04 Å². The van der Waals surface area contributed by atoms with Crippen LogP contribution in [0.4, 0.5) is 9.59 Å². The van der Waals surface area contributed by atoms with E-state index in [9.17, 15) is 19.2 Å². The second kappa shape index (κ2) is 25.3. The molecule has 46 heavy (non-hydrogen) atoms. The van der Waals surface area contributed by atoms with Crippen LogP contribution in [0.5, 0.6) is 0 Å². The third-order valence-electron chi connectivity index (χ3n) is 2.62. The minimum Gasteiger partial charge on any atom is -0.444 e. The largest absolute Gasteiger partial charge is 0.444 e. The number of alkyl carbamates (subject to hydrolysis) is 1. The van der Waals surface area contributed by atoms with Crippen molar-refractivity contribution in [3.05, 3.63) is 0 Å². The zero-order valence-corrected chi connectivity index (χ0v) is 33.6. The number of hydrogen-bond donors (Lipinski definition) is 5. The molecule has 12 nitrogen and oxygen atoms in total. The number of rotatable bonds is 0. The summed E-state index contributed by atoms with van der Waals surface area (Å²) in [5.74, 6) is 0. The van der Waals surface area contributed by atoms with Crippen LogP contribution in [0.3, 0.4) is 0 Å². The van der Waals surface area contributed by atoms with E-state index >= 15 is 0 Å². The molecule has 0 aliphatic heterocycles. The summed E-state index contributed by atoms with van der Waals surface area (Å²) >= 11 is 0. The fourth-order valence-electron chi connectivity index (χ4n) is 1.60. The number of nitrogens with one attached hydrogen (secondary N) is 3. The van der Waals surface area contributed by atoms with Crippen LogP contribution in [-0.4, -0.2) is 74.8 Å². The molecule has 3 amide bonds. The zero-order chi connectivity index (χ0) is 39.0. The standard InChI is InChI=1S/C9H20N2O.C9H19NO2.2C5H9NO.C3H9N.C3H8O/c1-8(2,3)10-7(12)11-9(4,5)6;1-8(2,3)10-7(11)12-9(4,5)6;2*1-5(2,3)6-4-7;2*1-3(2)4/h1-6H3,(H2,10,11,12);1-6H3,(H,10,11);2*1-3H3;3H,4H2,1-2H3;3-4H,1-2H3. The molecule has 0 aromatic carbocycles. The Balaban J connectivity index is -0.000000110. The lowest BCUT2D eigenvalue weighted by Crippen LogP contribution is -2.52. The van der Waals surface area contributed by atoms with Crippen molar-refractivity contribution >= 4 is 24.3 Å². The fourth-order valence-corrected chi connectivity index (χ4v) is 1.60. The molecule has 12 heteroatoms. The molecule has 0 aliphatic carbocycles. The van der Waals surface area contributed by atoms with Gasteiger partial charge in [-0.25, -0.2) is 29.2 Å². The van der Waals surface area contributed by atoms with Gasteiger partial charge in [0.05, 0.1) is 11.1 Å². The lowest BCUT2D eigenvalue weighted by molar-refractivity contribution is 0.0480. The Morgan fingerprint density at radius 2 is 0.826 bits per heavy atom. The maximum atomic E-state index is 11.3. The number of carbonyl (C=O) groups is 2. The highest BCUT2D eigenvalue weighted by Gasteiger charge is 2.20. The minimum atomic E-state index is -0.421. The highest BCUT2D eigenvalue weighted by atomic mass is 16.6. The monoisotopic (exact) mass is 663 g/mol. The topological polar surface area (TPSA) is 185 Å². The highest BCUT2D eigenvalue weighted by molar-refractivity contribution is 5.75. The van der Waals surface area contributed by atoms with Gasteiger partial charge in [0.25, 0.3) is 0 Å².